The van der Waals surface area contributed by atoms with Crippen molar-refractivity contribution in [2.24, 2.45) is 0 Å². The van der Waals surface area contributed by atoms with Crippen molar-refractivity contribution in [3.05, 3.63) is 42.1 Å². The lowest BCUT2D eigenvalue weighted by Crippen LogP contribution is -2.58. The number of likely N-dealkylation sites (N-methyl/N-ethyl adjacent to an activating group) is 1. The van der Waals surface area contributed by atoms with Crippen molar-refractivity contribution < 1.29 is 38.1 Å². The zero-order valence-electron chi connectivity index (χ0n) is 37.6. The highest BCUT2D eigenvalue weighted by molar-refractivity contribution is 5.80. The van der Waals surface area contributed by atoms with Crippen LogP contribution in [-0.2, 0) is 18.9 Å². The number of para-hydroxylation sites is 1. The predicted molar refractivity (Wildman–Crippen MR) is 230 cm³/mol. The van der Waals surface area contributed by atoms with Gasteiger partial charge in [-0.25, -0.2) is 24.2 Å². The summed E-state index contributed by atoms with van der Waals surface area (Å²) in [6.07, 6.45) is -1.29. The quantitative estimate of drug-likeness (QED) is 0.194. The number of hydrogen-bond acceptors (Lipinski definition) is 12. The van der Waals surface area contributed by atoms with Crippen molar-refractivity contribution in [3.63, 3.8) is 0 Å². The van der Waals surface area contributed by atoms with Gasteiger partial charge >= 0.3 is 24.4 Å². The lowest BCUT2D eigenvalue weighted by molar-refractivity contribution is 0.0194. The minimum atomic E-state index is -0.712. The molecule has 4 unspecified atom stereocenters. The Balaban J connectivity index is 1.79. The summed E-state index contributed by atoms with van der Waals surface area (Å²) in [5, 5.41) is 12.6. The first-order chi connectivity index (χ1) is 27.1. The first-order valence-electron chi connectivity index (χ1n) is 20.4. The fraction of sp³-hybridized carbons (Fsp3) is 0.651. The Morgan fingerprint density at radius 2 is 1.08 bits per heavy atom. The van der Waals surface area contributed by atoms with Gasteiger partial charge in [-0.1, -0.05) is 18.2 Å². The van der Waals surface area contributed by atoms with Crippen molar-refractivity contribution in [3.8, 4) is 0 Å². The van der Waals surface area contributed by atoms with Crippen molar-refractivity contribution in [1.82, 2.24) is 25.8 Å². The Kier molecular flexibility index (Phi) is 14.5. The van der Waals surface area contributed by atoms with Crippen LogP contribution < -0.4 is 31.1 Å². The number of carbonyl (C=O) groups excluding carboxylic acids is 4. The molecule has 2 saturated heterocycles. The van der Waals surface area contributed by atoms with E-state index in [4.69, 9.17) is 23.9 Å². The second-order valence-corrected chi connectivity index (χ2v) is 19.5. The van der Waals surface area contributed by atoms with Gasteiger partial charge in [0, 0.05) is 45.0 Å². The molecule has 4 rings (SSSR count). The van der Waals surface area contributed by atoms with Gasteiger partial charge in [0.05, 0.1) is 41.2 Å². The summed E-state index contributed by atoms with van der Waals surface area (Å²) in [6, 6.07) is 10.1. The van der Waals surface area contributed by atoms with E-state index < -0.39 is 64.9 Å². The van der Waals surface area contributed by atoms with Crippen LogP contribution >= 0.6 is 0 Å². The first kappa shape index (κ1) is 46.5. The number of carbonyl (C=O) groups is 4. The molecule has 16 heteroatoms. The predicted octanol–water partition coefficient (Wildman–Crippen LogP) is 7.47. The van der Waals surface area contributed by atoms with E-state index in [2.05, 4.69) is 26.2 Å². The molecule has 0 saturated carbocycles. The number of nitrogens with zero attached hydrogens (tertiary/aromatic N) is 4. The number of amides is 4. The van der Waals surface area contributed by atoms with Crippen LogP contribution in [0.2, 0.25) is 0 Å². The minimum Gasteiger partial charge on any atom is -0.444 e. The van der Waals surface area contributed by atoms with Gasteiger partial charge < -0.3 is 54.9 Å². The van der Waals surface area contributed by atoms with Crippen LogP contribution in [0, 0.1) is 6.92 Å². The second-order valence-electron chi connectivity index (χ2n) is 19.5. The maximum Gasteiger partial charge on any atom is 0.410 e. The Morgan fingerprint density at radius 3 is 1.54 bits per heavy atom. The number of rotatable bonds is 8. The van der Waals surface area contributed by atoms with Crippen LogP contribution in [0.5, 0.6) is 0 Å². The standard InChI is InChI=1S/C43H68N8O8/c1-27-35(45-28-18-16-15-17-19-28)33(50-23-31(48-38(54)58-42(8,9)10)21-32(26-50)49(14)39(55)59-43(11,12)13)22-34(44-27)51-24-29(46-36(52)56-40(2,3)4)20-30(25-51)47-37(53)57-41(5,6)7/h15-19,22,29-32,45H,20-21,23-26H2,1-14H3,(H,46,52)(H,47,53)(H,48,54). The van der Waals surface area contributed by atoms with E-state index in [-0.39, 0.29) is 6.04 Å². The molecular formula is C43H68N8O8. The van der Waals surface area contributed by atoms with Gasteiger partial charge in [-0.3, -0.25) is 0 Å². The molecular weight excluding hydrogens is 757 g/mol. The van der Waals surface area contributed by atoms with Crippen LogP contribution in [0.25, 0.3) is 0 Å². The number of piperidine rings is 2. The van der Waals surface area contributed by atoms with E-state index in [1.807, 2.05) is 89.8 Å². The molecule has 0 aliphatic carbocycles. The molecule has 0 spiro atoms. The SMILES string of the molecule is Cc1nc(N2CC(NC(=O)OC(C)(C)C)CC(NC(=O)OC(C)(C)C)C2)cc(N2CC(NC(=O)OC(C)(C)C)CC(N(C)C(=O)OC(C)(C)C)C2)c1Nc1ccccc1. The Labute approximate surface area is 350 Å². The number of ether oxygens (including phenoxy) is 4. The average molecular weight is 825 g/mol. The van der Waals surface area contributed by atoms with Gasteiger partial charge in [0.15, 0.2) is 0 Å². The van der Waals surface area contributed by atoms with Crippen LogP contribution in [0.15, 0.2) is 36.4 Å². The number of aromatic nitrogens is 1. The normalized spacial score (nSPS) is 20.2. The van der Waals surface area contributed by atoms with Crippen molar-refractivity contribution in [2.45, 2.75) is 149 Å². The number of anilines is 4. The maximum absolute atomic E-state index is 13.5. The molecule has 0 radical (unpaired) electrons. The molecule has 2 aliphatic heterocycles. The second kappa shape index (κ2) is 18.4. The van der Waals surface area contributed by atoms with Gasteiger partial charge in [-0.2, -0.15) is 0 Å². The van der Waals surface area contributed by atoms with E-state index in [0.29, 0.717) is 50.5 Å². The summed E-state index contributed by atoms with van der Waals surface area (Å²) in [5.74, 6) is 0.599. The number of benzene rings is 1. The highest BCUT2D eigenvalue weighted by Crippen LogP contribution is 2.37. The molecule has 4 N–H and O–H groups in total. The monoisotopic (exact) mass is 825 g/mol. The summed E-state index contributed by atoms with van der Waals surface area (Å²) in [6.45, 7) is 25.2. The molecule has 0 bridgehead atoms. The largest absolute Gasteiger partial charge is 0.444 e. The first-order valence-corrected chi connectivity index (χ1v) is 20.4. The topological polar surface area (TPSA) is 176 Å². The lowest BCUT2D eigenvalue weighted by atomic mass is 9.98. The van der Waals surface area contributed by atoms with Crippen molar-refractivity contribution in [2.75, 3.05) is 48.3 Å². The molecule has 16 nitrogen and oxygen atoms in total. The molecule has 4 atom stereocenters. The van der Waals surface area contributed by atoms with Crippen LogP contribution in [0.4, 0.5) is 42.1 Å². The van der Waals surface area contributed by atoms with Gasteiger partial charge in [0.25, 0.3) is 0 Å². The van der Waals surface area contributed by atoms with E-state index in [1.165, 1.54) is 0 Å². The Morgan fingerprint density at radius 1 is 0.644 bits per heavy atom. The Hall–Kier alpha value is -5.15. The fourth-order valence-corrected chi connectivity index (χ4v) is 6.93. The fourth-order valence-electron chi connectivity index (χ4n) is 6.93. The third-order valence-corrected chi connectivity index (χ3v) is 9.14. The highest BCUT2D eigenvalue weighted by Gasteiger charge is 2.38. The van der Waals surface area contributed by atoms with Gasteiger partial charge in [0.1, 0.15) is 28.2 Å². The van der Waals surface area contributed by atoms with Crippen LogP contribution in [-0.4, -0.2) is 114 Å². The number of pyridine rings is 1. The smallest absolute Gasteiger partial charge is 0.410 e. The molecule has 1 aromatic carbocycles. The van der Waals surface area contributed by atoms with Gasteiger partial charge in [0.2, 0.25) is 0 Å². The summed E-state index contributed by atoms with van der Waals surface area (Å²) >= 11 is 0. The number of alkyl carbamates (subject to hydrolysis) is 3. The zero-order chi connectivity index (χ0) is 44.1. The molecule has 4 amide bonds. The van der Waals surface area contributed by atoms with Crippen LogP contribution in [0.3, 0.4) is 0 Å². The summed E-state index contributed by atoms with van der Waals surface area (Å²) in [7, 11) is 1.71. The van der Waals surface area contributed by atoms with E-state index >= 15 is 0 Å². The lowest BCUT2D eigenvalue weighted by Gasteiger charge is -2.44. The van der Waals surface area contributed by atoms with E-state index in [1.54, 1.807) is 53.5 Å². The summed E-state index contributed by atoms with van der Waals surface area (Å²) < 4.78 is 22.6. The molecule has 2 fully saturated rings. The number of aryl methyl sites for hydroxylation is 1. The summed E-state index contributed by atoms with van der Waals surface area (Å²) in [5.41, 5.74) is 0.196. The molecule has 328 valence electrons. The number of hydrogen-bond donors (Lipinski definition) is 4. The zero-order valence-corrected chi connectivity index (χ0v) is 37.6. The highest BCUT2D eigenvalue weighted by atomic mass is 16.6. The summed E-state index contributed by atoms with van der Waals surface area (Å²) in [4.78, 5) is 63.6. The van der Waals surface area contributed by atoms with Crippen molar-refractivity contribution >= 4 is 47.3 Å². The molecule has 2 aliphatic rings. The number of nitrogens with one attached hydrogen (secondary N) is 4. The minimum absolute atomic E-state index is 0.371. The average Bonchev–Trinajstić information content (AvgIpc) is 3.05. The molecule has 59 heavy (non-hydrogen) atoms. The molecule has 2 aromatic rings. The van der Waals surface area contributed by atoms with E-state index in [9.17, 15) is 19.2 Å². The molecule has 3 heterocycles. The Bertz CT molecular complexity index is 1740. The van der Waals surface area contributed by atoms with Gasteiger partial charge in [-0.05, 0) is 115 Å². The van der Waals surface area contributed by atoms with Crippen molar-refractivity contribution in [1.29, 1.82) is 0 Å². The van der Waals surface area contributed by atoms with Gasteiger partial charge in [-0.15, -0.1) is 0 Å². The molecule has 1 aromatic heterocycles. The maximum atomic E-state index is 13.5. The van der Waals surface area contributed by atoms with E-state index in [0.717, 1.165) is 17.1 Å². The third kappa shape index (κ3) is 15.2. The van der Waals surface area contributed by atoms with Crippen LogP contribution in [0.1, 0.15) is 102 Å². The third-order valence-electron chi connectivity index (χ3n) is 9.14.